The molecule has 2 unspecified atom stereocenters. The molecule has 1 aliphatic heterocycles. The SMILES string of the molecule is CC1(C(=O)O)CC(c2cccs2)CN1. The van der Waals surface area contributed by atoms with Crippen LogP contribution in [0.4, 0.5) is 0 Å². The quantitative estimate of drug-likeness (QED) is 0.782. The predicted molar refractivity (Wildman–Crippen MR) is 55.7 cm³/mol. The van der Waals surface area contributed by atoms with E-state index >= 15 is 0 Å². The molecule has 1 aromatic heterocycles. The van der Waals surface area contributed by atoms with Crippen LogP contribution in [-0.2, 0) is 4.79 Å². The number of nitrogens with one attached hydrogen (secondary N) is 1. The van der Waals surface area contributed by atoms with Gasteiger partial charge in [0, 0.05) is 17.3 Å². The maximum absolute atomic E-state index is 11.0. The van der Waals surface area contributed by atoms with Crippen molar-refractivity contribution in [2.75, 3.05) is 6.54 Å². The topological polar surface area (TPSA) is 49.3 Å². The Morgan fingerprint density at radius 1 is 1.79 bits per heavy atom. The highest BCUT2D eigenvalue weighted by Gasteiger charge is 2.41. The molecular formula is C10H13NO2S. The van der Waals surface area contributed by atoms with Crippen molar-refractivity contribution >= 4 is 17.3 Å². The van der Waals surface area contributed by atoms with Crippen molar-refractivity contribution in [3.8, 4) is 0 Å². The van der Waals surface area contributed by atoms with E-state index in [1.54, 1.807) is 18.3 Å². The summed E-state index contributed by atoms with van der Waals surface area (Å²) in [5.74, 6) is -0.396. The summed E-state index contributed by atoms with van der Waals surface area (Å²) in [5.41, 5.74) is -0.741. The lowest BCUT2D eigenvalue weighted by Crippen LogP contribution is -2.44. The van der Waals surface area contributed by atoms with Gasteiger partial charge in [-0.25, -0.2) is 0 Å². The summed E-state index contributed by atoms with van der Waals surface area (Å²) in [6.07, 6.45) is 0.683. The van der Waals surface area contributed by atoms with Crippen molar-refractivity contribution in [3.63, 3.8) is 0 Å². The van der Waals surface area contributed by atoms with Gasteiger partial charge in [0.05, 0.1) is 0 Å². The molecule has 0 saturated carbocycles. The maximum atomic E-state index is 11.0. The highest BCUT2D eigenvalue weighted by Crippen LogP contribution is 2.34. The van der Waals surface area contributed by atoms with E-state index < -0.39 is 11.5 Å². The molecular weight excluding hydrogens is 198 g/mol. The van der Waals surface area contributed by atoms with E-state index in [2.05, 4.69) is 11.4 Å². The van der Waals surface area contributed by atoms with E-state index in [1.165, 1.54) is 4.88 Å². The summed E-state index contributed by atoms with van der Waals surface area (Å²) >= 11 is 1.70. The fourth-order valence-electron chi connectivity index (χ4n) is 1.87. The van der Waals surface area contributed by atoms with Crippen LogP contribution in [0.1, 0.15) is 24.1 Å². The van der Waals surface area contributed by atoms with Gasteiger partial charge in [0.25, 0.3) is 0 Å². The van der Waals surface area contributed by atoms with E-state index in [1.807, 2.05) is 11.4 Å². The van der Waals surface area contributed by atoms with Gasteiger partial charge < -0.3 is 10.4 Å². The van der Waals surface area contributed by atoms with Crippen LogP contribution in [0.25, 0.3) is 0 Å². The number of aliphatic carboxylic acids is 1. The average molecular weight is 211 g/mol. The monoisotopic (exact) mass is 211 g/mol. The highest BCUT2D eigenvalue weighted by molar-refractivity contribution is 7.10. The molecule has 2 N–H and O–H groups in total. The fourth-order valence-corrected chi connectivity index (χ4v) is 2.70. The van der Waals surface area contributed by atoms with Gasteiger partial charge in [-0.05, 0) is 24.8 Å². The van der Waals surface area contributed by atoms with Gasteiger partial charge in [-0.15, -0.1) is 11.3 Å². The molecule has 0 aliphatic carbocycles. The zero-order chi connectivity index (χ0) is 10.2. The molecule has 2 atom stereocenters. The molecule has 0 radical (unpaired) electrons. The fraction of sp³-hybridized carbons (Fsp3) is 0.500. The molecule has 4 heteroatoms. The van der Waals surface area contributed by atoms with Crippen LogP contribution in [0, 0.1) is 0 Å². The van der Waals surface area contributed by atoms with Crippen LogP contribution < -0.4 is 5.32 Å². The standard InChI is InChI=1S/C10H13NO2S/c1-10(9(12)13)5-7(6-11-10)8-3-2-4-14-8/h2-4,7,11H,5-6H2,1H3,(H,12,13). The first-order chi connectivity index (χ1) is 6.62. The van der Waals surface area contributed by atoms with E-state index in [9.17, 15) is 4.79 Å². The third-order valence-electron chi connectivity index (χ3n) is 2.81. The third-order valence-corrected chi connectivity index (χ3v) is 3.85. The van der Waals surface area contributed by atoms with Crippen LogP contribution in [0.3, 0.4) is 0 Å². The first-order valence-electron chi connectivity index (χ1n) is 4.64. The minimum atomic E-state index is -0.753. The first kappa shape index (κ1) is 9.68. The van der Waals surface area contributed by atoms with E-state index in [0.717, 1.165) is 6.54 Å². The normalized spacial score (nSPS) is 31.9. The molecule has 0 spiro atoms. The largest absolute Gasteiger partial charge is 0.480 e. The Kier molecular flexibility index (Phi) is 2.33. The van der Waals surface area contributed by atoms with E-state index in [0.29, 0.717) is 12.3 Å². The van der Waals surface area contributed by atoms with Crippen LogP contribution >= 0.6 is 11.3 Å². The lowest BCUT2D eigenvalue weighted by Gasteiger charge is -2.17. The zero-order valence-electron chi connectivity index (χ0n) is 7.99. The molecule has 0 aromatic carbocycles. The Morgan fingerprint density at radius 3 is 3.07 bits per heavy atom. The van der Waals surface area contributed by atoms with Crippen LogP contribution in [0.5, 0.6) is 0 Å². The molecule has 14 heavy (non-hydrogen) atoms. The number of carboxylic acid groups (broad SMARTS) is 1. The number of thiophene rings is 1. The number of carbonyl (C=O) groups is 1. The maximum Gasteiger partial charge on any atom is 0.323 e. The Labute approximate surface area is 86.8 Å². The van der Waals surface area contributed by atoms with E-state index in [4.69, 9.17) is 5.11 Å². The van der Waals surface area contributed by atoms with Gasteiger partial charge in [0.15, 0.2) is 0 Å². The molecule has 76 valence electrons. The molecule has 2 heterocycles. The zero-order valence-corrected chi connectivity index (χ0v) is 8.80. The Balaban J connectivity index is 2.12. The van der Waals surface area contributed by atoms with Crippen LogP contribution in [0.2, 0.25) is 0 Å². The van der Waals surface area contributed by atoms with Crippen molar-refractivity contribution in [2.24, 2.45) is 0 Å². The predicted octanol–water partition coefficient (Wildman–Crippen LogP) is 1.67. The third kappa shape index (κ3) is 1.55. The summed E-state index contributed by atoms with van der Waals surface area (Å²) in [5, 5.41) is 14.1. The van der Waals surface area contributed by atoms with Crippen molar-refractivity contribution in [2.45, 2.75) is 24.8 Å². The van der Waals surface area contributed by atoms with Crippen LogP contribution in [0.15, 0.2) is 17.5 Å². The number of carboxylic acids is 1. The second-order valence-corrected chi connectivity index (χ2v) is 4.91. The van der Waals surface area contributed by atoms with Gasteiger partial charge in [-0.3, -0.25) is 4.79 Å². The Bertz CT molecular complexity index is 336. The minimum Gasteiger partial charge on any atom is -0.480 e. The number of hydrogen-bond acceptors (Lipinski definition) is 3. The van der Waals surface area contributed by atoms with Gasteiger partial charge >= 0.3 is 5.97 Å². The molecule has 1 saturated heterocycles. The van der Waals surface area contributed by atoms with Gasteiger partial charge in [0.1, 0.15) is 5.54 Å². The Hall–Kier alpha value is -0.870. The Morgan fingerprint density at radius 2 is 2.57 bits per heavy atom. The molecule has 2 rings (SSSR count). The van der Waals surface area contributed by atoms with Crippen molar-refractivity contribution < 1.29 is 9.90 Å². The summed E-state index contributed by atoms with van der Waals surface area (Å²) in [6.45, 7) is 2.52. The minimum absolute atomic E-state index is 0.357. The summed E-state index contributed by atoms with van der Waals surface area (Å²) in [6, 6.07) is 4.08. The summed E-state index contributed by atoms with van der Waals surface area (Å²) in [4.78, 5) is 12.3. The first-order valence-corrected chi connectivity index (χ1v) is 5.51. The molecule has 3 nitrogen and oxygen atoms in total. The van der Waals surface area contributed by atoms with Crippen molar-refractivity contribution in [1.82, 2.24) is 5.32 Å². The number of rotatable bonds is 2. The second-order valence-electron chi connectivity index (χ2n) is 3.93. The summed E-state index contributed by atoms with van der Waals surface area (Å²) < 4.78 is 0. The molecule has 1 fully saturated rings. The smallest absolute Gasteiger partial charge is 0.323 e. The van der Waals surface area contributed by atoms with Gasteiger partial charge in [-0.2, -0.15) is 0 Å². The van der Waals surface area contributed by atoms with Gasteiger partial charge in [-0.1, -0.05) is 6.07 Å². The second kappa shape index (κ2) is 3.37. The van der Waals surface area contributed by atoms with Crippen molar-refractivity contribution in [1.29, 1.82) is 0 Å². The lowest BCUT2D eigenvalue weighted by atomic mass is 9.94. The molecule has 0 amide bonds. The average Bonchev–Trinajstić information content (AvgIpc) is 2.72. The van der Waals surface area contributed by atoms with Crippen molar-refractivity contribution in [3.05, 3.63) is 22.4 Å². The summed E-state index contributed by atoms with van der Waals surface area (Å²) in [7, 11) is 0. The van der Waals surface area contributed by atoms with Gasteiger partial charge in [0.2, 0.25) is 0 Å². The molecule has 1 aromatic rings. The highest BCUT2D eigenvalue weighted by atomic mass is 32.1. The lowest BCUT2D eigenvalue weighted by molar-refractivity contribution is -0.143. The molecule has 0 bridgehead atoms. The number of hydrogen-bond donors (Lipinski definition) is 2. The van der Waals surface area contributed by atoms with Crippen LogP contribution in [-0.4, -0.2) is 23.2 Å². The molecule has 1 aliphatic rings. The van der Waals surface area contributed by atoms with E-state index in [-0.39, 0.29) is 0 Å².